The maximum Gasteiger partial charge on any atom is 0.271 e. The first-order valence-electron chi connectivity index (χ1n) is 11.4. The topological polar surface area (TPSA) is 46.5 Å². The Morgan fingerprint density at radius 2 is 1.88 bits per heavy atom. The zero-order valence-corrected chi connectivity index (χ0v) is 20.9. The Morgan fingerprint density at radius 1 is 1.19 bits per heavy atom. The van der Waals surface area contributed by atoms with Gasteiger partial charge in [0.2, 0.25) is 0 Å². The Balaban J connectivity index is 1.75. The average Bonchev–Trinajstić information content (AvgIpc) is 3.27. The minimum atomic E-state index is -0.0566. The second-order valence-electron chi connectivity index (χ2n) is 10.2. The SMILES string of the molecule is CCOc1ccccc1CN(C(=O)c1cc2sccc2n1C)C1CC(C)(C)NC(C)(C)C1. The van der Waals surface area contributed by atoms with Crippen LogP contribution in [0.1, 0.15) is 63.5 Å². The third-order valence-electron chi connectivity index (χ3n) is 6.37. The van der Waals surface area contributed by atoms with Crippen LogP contribution < -0.4 is 10.1 Å². The highest BCUT2D eigenvalue weighted by atomic mass is 32.1. The molecular formula is C26H35N3O2S. The number of hydrogen-bond acceptors (Lipinski definition) is 4. The van der Waals surface area contributed by atoms with Gasteiger partial charge in [0, 0.05) is 36.3 Å². The molecule has 0 aliphatic carbocycles. The number of nitrogens with one attached hydrogen (secondary N) is 1. The Labute approximate surface area is 195 Å². The fraction of sp³-hybridized carbons (Fsp3) is 0.500. The molecule has 5 nitrogen and oxygen atoms in total. The second-order valence-corrected chi connectivity index (χ2v) is 11.1. The van der Waals surface area contributed by atoms with Crippen LogP contribution >= 0.6 is 11.3 Å². The number of ether oxygens (including phenoxy) is 1. The number of fused-ring (bicyclic) bond motifs is 1. The Kier molecular flexibility index (Phi) is 6.12. The number of piperidine rings is 1. The van der Waals surface area contributed by atoms with E-state index in [4.69, 9.17) is 4.74 Å². The smallest absolute Gasteiger partial charge is 0.271 e. The number of hydrogen-bond donors (Lipinski definition) is 1. The number of aromatic nitrogens is 1. The van der Waals surface area contributed by atoms with Crippen molar-refractivity contribution in [3.05, 3.63) is 53.0 Å². The van der Waals surface area contributed by atoms with E-state index in [0.29, 0.717) is 13.2 Å². The molecule has 1 aliphatic rings. The lowest BCUT2D eigenvalue weighted by molar-refractivity contribution is 0.0409. The summed E-state index contributed by atoms with van der Waals surface area (Å²) in [6.07, 6.45) is 1.80. The van der Waals surface area contributed by atoms with Gasteiger partial charge in [-0.05, 0) is 71.0 Å². The monoisotopic (exact) mass is 453 g/mol. The Morgan fingerprint density at radius 3 is 2.53 bits per heavy atom. The zero-order valence-electron chi connectivity index (χ0n) is 20.1. The molecule has 4 rings (SSSR count). The van der Waals surface area contributed by atoms with Crippen molar-refractivity contribution in [2.75, 3.05) is 6.61 Å². The van der Waals surface area contributed by atoms with E-state index >= 15 is 0 Å². The molecule has 1 saturated heterocycles. The predicted octanol–water partition coefficient (Wildman–Crippen LogP) is 5.59. The first-order chi connectivity index (χ1) is 15.1. The van der Waals surface area contributed by atoms with Gasteiger partial charge in [-0.3, -0.25) is 4.79 Å². The summed E-state index contributed by atoms with van der Waals surface area (Å²) in [5.74, 6) is 0.939. The molecular weight excluding hydrogens is 418 g/mol. The van der Waals surface area contributed by atoms with Crippen LogP contribution in [0.2, 0.25) is 0 Å². The average molecular weight is 454 g/mol. The van der Waals surface area contributed by atoms with Crippen LogP contribution in [0, 0.1) is 0 Å². The summed E-state index contributed by atoms with van der Waals surface area (Å²) < 4.78 is 9.08. The lowest BCUT2D eigenvalue weighted by Crippen LogP contribution is -2.62. The summed E-state index contributed by atoms with van der Waals surface area (Å²) >= 11 is 1.68. The molecule has 2 aromatic heterocycles. The van der Waals surface area contributed by atoms with Crippen molar-refractivity contribution in [1.29, 1.82) is 0 Å². The predicted molar refractivity (Wildman–Crippen MR) is 133 cm³/mol. The standard InChI is InChI=1S/C26H35N3O2S/c1-7-31-22-11-9-8-10-18(22)17-29(19-15-25(2,3)27-26(4,5)16-19)24(30)21-14-23-20(28(21)6)12-13-32-23/h8-14,19,27H,7,15-17H2,1-6H3. The molecule has 0 saturated carbocycles. The fourth-order valence-corrected chi connectivity index (χ4v) is 6.22. The highest BCUT2D eigenvalue weighted by Gasteiger charge is 2.42. The Hall–Kier alpha value is -2.31. The molecule has 3 heterocycles. The van der Waals surface area contributed by atoms with E-state index in [0.717, 1.165) is 40.1 Å². The first-order valence-corrected chi connectivity index (χ1v) is 12.3. The van der Waals surface area contributed by atoms with Crippen molar-refractivity contribution >= 4 is 27.5 Å². The first kappa shape index (κ1) is 22.9. The number of nitrogens with zero attached hydrogens (tertiary/aromatic N) is 2. The van der Waals surface area contributed by atoms with Gasteiger partial charge in [-0.2, -0.15) is 0 Å². The number of rotatable bonds is 6. The molecule has 1 aliphatic heterocycles. The van der Waals surface area contributed by atoms with Crippen LogP contribution in [-0.2, 0) is 13.6 Å². The van der Waals surface area contributed by atoms with E-state index in [9.17, 15) is 4.79 Å². The normalized spacial score (nSPS) is 18.1. The van der Waals surface area contributed by atoms with E-state index in [1.807, 2.05) is 42.8 Å². The minimum absolute atomic E-state index is 0.0566. The van der Waals surface area contributed by atoms with Gasteiger partial charge in [-0.15, -0.1) is 11.3 Å². The molecule has 32 heavy (non-hydrogen) atoms. The van der Waals surface area contributed by atoms with Gasteiger partial charge >= 0.3 is 0 Å². The molecule has 1 aromatic carbocycles. The fourth-order valence-electron chi connectivity index (χ4n) is 5.37. The number of carbonyl (C=O) groups excluding carboxylic acids is 1. The van der Waals surface area contributed by atoms with Crippen LogP contribution in [0.3, 0.4) is 0 Å². The van der Waals surface area contributed by atoms with Crippen LogP contribution in [-0.4, -0.2) is 39.1 Å². The molecule has 0 radical (unpaired) electrons. The Bertz CT molecular complexity index is 1100. The van der Waals surface area contributed by atoms with Crippen molar-refractivity contribution in [3.63, 3.8) is 0 Å². The van der Waals surface area contributed by atoms with Crippen molar-refractivity contribution in [2.45, 2.75) is 71.1 Å². The van der Waals surface area contributed by atoms with E-state index in [1.165, 1.54) is 0 Å². The van der Waals surface area contributed by atoms with Crippen molar-refractivity contribution in [3.8, 4) is 5.75 Å². The lowest BCUT2D eigenvalue weighted by Gasteiger charge is -2.49. The van der Waals surface area contributed by atoms with E-state index < -0.39 is 0 Å². The van der Waals surface area contributed by atoms with Gasteiger partial charge in [0.25, 0.3) is 5.91 Å². The number of amides is 1. The summed E-state index contributed by atoms with van der Waals surface area (Å²) in [7, 11) is 1.99. The van der Waals surface area contributed by atoms with Gasteiger partial charge in [-0.1, -0.05) is 18.2 Å². The second kappa shape index (κ2) is 8.56. The molecule has 1 fully saturated rings. The molecule has 6 heteroatoms. The van der Waals surface area contributed by atoms with E-state index in [1.54, 1.807) is 11.3 Å². The highest BCUT2D eigenvalue weighted by Crippen LogP contribution is 2.35. The molecule has 0 unspecified atom stereocenters. The summed E-state index contributed by atoms with van der Waals surface area (Å²) in [4.78, 5) is 16.2. The number of thiophene rings is 1. The summed E-state index contributed by atoms with van der Waals surface area (Å²) in [5, 5.41) is 5.83. The van der Waals surface area contributed by atoms with Crippen LogP contribution in [0.15, 0.2) is 41.8 Å². The molecule has 0 atom stereocenters. The zero-order chi connectivity index (χ0) is 23.1. The van der Waals surface area contributed by atoms with Gasteiger partial charge < -0.3 is 19.5 Å². The highest BCUT2D eigenvalue weighted by molar-refractivity contribution is 7.17. The lowest BCUT2D eigenvalue weighted by atomic mass is 9.78. The third kappa shape index (κ3) is 4.57. The van der Waals surface area contributed by atoms with Gasteiger partial charge in [-0.25, -0.2) is 0 Å². The molecule has 1 amide bonds. The summed E-state index contributed by atoms with van der Waals surface area (Å²) in [6, 6.07) is 12.3. The number of aryl methyl sites for hydroxylation is 1. The van der Waals surface area contributed by atoms with Crippen molar-refractivity contribution < 1.29 is 9.53 Å². The molecule has 0 bridgehead atoms. The quantitative estimate of drug-likeness (QED) is 0.529. The maximum absolute atomic E-state index is 14.1. The molecule has 3 aromatic rings. The summed E-state index contributed by atoms with van der Waals surface area (Å²) in [6.45, 7) is 12.1. The van der Waals surface area contributed by atoms with Gasteiger partial charge in [0.15, 0.2) is 0 Å². The van der Waals surface area contributed by atoms with Crippen LogP contribution in [0.4, 0.5) is 0 Å². The molecule has 1 N–H and O–H groups in total. The third-order valence-corrected chi connectivity index (χ3v) is 7.22. The van der Waals surface area contributed by atoms with Crippen molar-refractivity contribution in [1.82, 2.24) is 14.8 Å². The van der Waals surface area contributed by atoms with Crippen LogP contribution in [0.5, 0.6) is 5.75 Å². The maximum atomic E-state index is 14.1. The molecule has 172 valence electrons. The van der Waals surface area contributed by atoms with Gasteiger partial charge in [0.1, 0.15) is 11.4 Å². The van der Waals surface area contributed by atoms with E-state index in [-0.39, 0.29) is 23.0 Å². The largest absolute Gasteiger partial charge is 0.494 e. The number of carbonyl (C=O) groups is 1. The van der Waals surface area contributed by atoms with Crippen LogP contribution in [0.25, 0.3) is 10.2 Å². The number of benzene rings is 1. The molecule has 0 spiro atoms. The summed E-state index contributed by atoms with van der Waals surface area (Å²) in [5.41, 5.74) is 2.79. The van der Waals surface area contributed by atoms with Crippen molar-refractivity contribution in [2.24, 2.45) is 7.05 Å². The van der Waals surface area contributed by atoms with E-state index in [2.05, 4.69) is 55.4 Å². The minimum Gasteiger partial charge on any atom is -0.494 e. The van der Waals surface area contributed by atoms with Gasteiger partial charge in [0.05, 0.1) is 16.8 Å². The number of para-hydroxylation sites is 1.